The van der Waals surface area contributed by atoms with Gasteiger partial charge in [0.15, 0.2) is 21.3 Å². The van der Waals surface area contributed by atoms with Crippen molar-refractivity contribution >= 4 is 57.7 Å². The fourth-order valence-electron chi connectivity index (χ4n) is 9.59. The van der Waals surface area contributed by atoms with E-state index in [9.17, 15) is 27.5 Å². The normalized spacial score (nSPS) is 12.2. The minimum absolute atomic E-state index is 0.0783. The summed E-state index contributed by atoms with van der Waals surface area (Å²) < 4.78 is 91.4. The molecule has 0 spiro atoms. The molecule has 90 heavy (non-hydrogen) atoms. The van der Waals surface area contributed by atoms with Crippen molar-refractivity contribution in [2.45, 2.75) is 108 Å². The Balaban J connectivity index is 0.725. The average molecular weight is 1270 g/mol. The summed E-state index contributed by atoms with van der Waals surface area (Å²) in [6.45, 7) is 11.8. The molecule has 8 rings (SSSR count). The standard InChI is InChI=1S/C70H78F2N6O10S2/c1-6-9-38-83-40-42-86-60-27-15-53(16-28-60)55-18-34-67(88-70(71)72)57(45-55)20-36-69(80)76-59-23-31-63(32-24-59)90(82)47-65-51(5)74-49-78(65)37-11-10-12-39-84-41-43-87-61-25-13-52(14-26-61)54-17-33-66(85-8-3)56(44-54)19-35-68(79)75-58-21-29-62(30-22-58)89(81)46-64-50(4)73-48-77(64)7-2/h13-36,44-45,48-49,70H,6-12,37-43,46-47H2,1-5H3,(H,75,79)(H,76,80)/b35-19+,36-20+. The fourth-order valence-corrected chi connectivity index (χ4v) is 12.1. The molecule has 474 valence electrons. The molecule has 0 saturated carbocycles. The maximum atomic E-state index is 13.6. The van der Waals surface area contributed by atoms with Gasteiger partial charge in [-0.15, -0.1) is 0 Å². The molecule has 2 atom stereocenters. The Morgan fingerprint density at radius 3 is 1.50 bits per heavy atom. The van der Waals surface area contributed by atoms with Gasteiger partial charge in [0.25, 0.3) is 0 Å². The van der Waals surface area contributed by atoms with Gasteiger partial charge in [0.05, 0.1) is 55.3 Å². The van der Waals surface area contributed by atoms with Gasteiger partial charge in [0.1, 0.15) is 36.2 Å². The van der Waals surface area contributed by atoms with Crippen LogP contribution in [0.25, 0.3) is 34.4 Å². The second kappa shape index (κ2) is 35.2. The highest BCUT2D eigenvalue weighted by Gasteiger charge is 2.20. The second-order valence-electron chi connectivity index (χ2n) is 20.9. The Morgan fingerprint density at radius 1 is 0.544 bits per heavy atom. The van der Waals surface area contributed by atoms with Crippen LogP contribution >= 0.6 is 0 Å². The number of aromatic nitrogens is 4. The topological polar surface area (TPSA) is 195 Å². The van der Waals surface area contributed by atoms with E-state index in [1.165, 1.54) is 24.3 Å². The molecule has 6 aromatic carbocycles. The van der Waals surface area contributed by atoms with Crippen LogP contribution in [0.1, 0.15) is 86.8 Å². The van der Waals surface area contributed by atoms with Crippen LogP contribution in [0, 0.1) is 13.8 Å². The van der Waals surface area contributed by atoms with E-state index < -0.39 is 34.9 Å². The van der Waals surface area contributed by atoms with Crippen LogP contribution in [0.15, 0.2) is 168 Å². The van der Waals surface area contributed by atoms with Crippen molar-refractivity contribution in [3.63, 3.8) is 0 Å². The van der Waals surface area contributed by atoms with E-state index in [4.69, 9.17) is 28.4 Å². The first-order chi connectivity index (χ1) is 43.8. The highest BCUT2D eigenvalue weighted by molar-refractivity contribution is 7.91. The maximum absolute atomic E-state index is 13.6. The number of unbranched alkanes of at least 4 members (excludes halogenated alkanes) is 3. The largest absolute Gasteiger partial charge is 0.611 e. The number of halogens is 2. The molecule has 0 radical (unpaired) electrons. The van der Waals surface area contributed by atoms with Gasteiger partial charge >= 0.3 is 6.61 Å². The van der Waals surface area contributed by atoms with Crippen molar-refractivity contribution in [3.05, 3.63) is 192 Å². The van der Waals surface area contributed by atoms with Crippen LogP contribution in [-0.2, 0) is 66.0 Å². The van der Waals surface area contributed by atoms with Crippen molar-refractivity contribution in [1.29, 1.82) is 0 Å². The van der Waals surface area contributed by atoms with Gasteiger partial charge < -0.3 is 57.3 Å². The Morgan fingerprint density at radius 2 is 1.01 bits per heavy atom. The van der Waals surface area contributed by atoms with Gasteiger partial charge in [-0.25, -0.2) is 9.97 Å². The van der Waals surface area contributed by atoms with Crippen molar-refractivity contribution in [2.75, 3.05) is 56.9 Å². The molecule has 0 saturated heterocycles. The van der Waals surface area contributed by atoms with Crippen LogP contribution in [0.3, 0.4) is 0 Å². The van der Waals surface area contributed by atoms with Gasteiger partial charge in [-0.05, 0) is 207 Å². The van der Waals surface area contributed by atoms with E-state index in [0.717, 1.165) is 89.2 Å². The van der Waals surface area contributed by atoms with Gasteiger partial charge in [0, 0.05) is 61.0 Å². The summed E-state index contributed by atoms with van der Waals surface area (Å²) in [5.74, 6) is 1.79. The van der Waals surface area contributed by atoms with E-state index in [1.54, 1.807) is 79.4 Å². The quantitative estimate of drug-likeness (QED) is 0.0215. The van der Waals surface area contributed by atoms with E-state index in [2.05, 4.69) is 32.1 Å². The Bertz CT molecular complexity index is 3600. The summed E-state index contributed by atoms with van der Waals surface area (Å²) >= 11 is -2.66. The number of hydrogen-bond acceptors (Lipinski definition) is 12. The number of nitrogens with one attached hydrogen (secondary N) is 2. The van der Waals surface area contributed by atoms with E-state index >= 15 is 0 Å². The van der Waals surface area contributed by atoms with Crippen LogP contribution in [-0.4, -0.2) is 92.9 Å². The van der Waals surface area contributed by atoms with Gasteiger partial charge in [-0.1, -0.05) is 49.7 Å². The fraction of sp³-hybridized carbons (Fsp3) is 0.314. The Labute approximate surface area is 532 Å². The molecule has 0 fully saturated rings. The zero-order valence-electron chi connectivity index (χ0n) is 51.5. The molecule has 2 unspecified atom stereocenters. The highest BCUT2D eigenvalue weighted by atomic mass is 32.2. The zero-order chi connectivity index (χ0) is 63.6. The monoisotopic (exact) mass is 1260 g/mol. The second-order valence-corrected chi connectivity index (χ2v) is 23.8. The number of aryl methyl sites for hydroxylation is 4. The molecule has 8 aromatic rings. The van der Waals surface area contributed by atoms with Crippen molar-refractivity contribution in [2.24, 2.45) is 0 Å². The maximum Gasteiger partial charge on any atom is 0.387 e. The lowest BCUT2D eigenvalue weighted by atomic mass is 10.0. The minimum atomic E-state index is -3.06. The first-order valence-corrected chi connectivity index (χ1v) is 32.8. The third kappa shape index (κ3) is 20.7. The number of carbonyl (C=O) groups is 2. The lowest BCUT2D eigenvalue weighted by Crippen LogP contribution is -2.12. The number of nitrogens with zero attached hydrogens (tertiary/aromatic N) is 4. The molecule has 2 amide bonds. The molecule has 0 aliphatic carbocycles. The number of amides is 2. The average Bonchev–Trinajstić information content (AvgIpc) is 1.47. The highest BCUT2D eigenvalue weighted by Crippen LogP contribution is 2.32. The van der Waals surface area contributed by atoms with Crippen molar-refractivity contribution in [3.8, 4) is 45.3 Å². The lowest BCUT2D eigenvalue weighted by Gasteiger charge is -2.14. The molecular formula is C70H78F2N6O10S2. The zero-order valence-corrected chi connectivity index (χ0v) is 53.1. The summed E-state index contributed by atoms with van der Waals surface area (Å²) in [5, 5.41) is 5.68. The van der Waals surface area contributed by atoms with E-state index in [-0.39, 0.29) is 23.0 Å². The molecule has 0 aliphatic rings. The first-order valence-electron chi connectivity index (χ1n) is 30.2. The number of rotatable bonds is 36. The van der Waals surface area contributed by atoms with Crippen molar-refractivity contribution in [1.82, 2.24) is 19.1 Å². The number of hydrogen-bond donors (Lipinski definition) is 2. The number of imidazole rings is 2. The van der Waals surface area contributed by atoms with Crippen LogP contribution in [0.5, 0.6) is 23.0 Å². The van der Waals surface area contributed by atoms with Crippen LogP contribution < -0.4 is 29.6 Å². The van der Waals surface area contributed by atoms with E-state index in [1.807, 2.05) is 99.0 Å². The van der Waals surface area contributed by atoms with Crippen LogP contribution in [0.2, 0.25) is 0 Å². The summed E-state index contributed by atoms with van der Waals surface area (Å²) in [4.78, 5) is 36.2. The number of carbonyl (C=O) groups excluding carboxylic acids is 2. The Kier molecular flexibility index (Phi) is 26.5. The summed E-state index contributed by atoms with van der Waals surface area (Å²) in [7, 11) is 0. The summed E-state index contributed by atoms with van der Waals surface area (Å²) in [5.41, 5.74) is 9.06. The minimum Gasteiger partial charge on any atom is -0.611 e. The van der Waals surface area contributed by atoms with Gasteiger partial charge in [-0.3, -0.25) is 9.59 Å². The molecule has 0 aliphatic heterocycles. The molecule has 2 aromatic heterocycles. The molecule has 2 heterocycles. The molecule has 2 N–H and O–H groups in total. The molecule has 0 bridgehead atoms. The molecule has 16 nitrogen and oxygen atoms in total. The van der Waals surface area contributed by atoms with Crippen molar-refractivity contribution < 1.29 is 55.9 Å². The number of ether oxygens (including phenoxy) is 6. The summed E-state index contributed by atoms with van der Waals surface area (Å²) in [6.07, 6.45) is 14.2. The first kappa shape index (κ1) is 67.7. The third-order valence-corrected chi connectivity index (χ3v) is 17.2. The lowest BCUT2D eigenvalue weighted by molar-refractivity contribution is -0.112. The predicted molar refractivity (Wildman–Crippen MR) is 351 cm³/mol. The van der Waals surface area contributed by atoms with Gasteiger partial charge in [0.2, 0.25) is 11.8 Å². The van der Waals surface area contributed by atoms with E-state index in [0.29, 0.717) is 97.0 Å². The number of anilines is 2. The Hall–Kier alpha value is -8.24. The molecular weight excluding hydrogens is 1190 g/mol. The SMILES string of the molecule is CCCCOCCOc1ccc(-c2ccc(OC(F)F)c(/C=C/C(=O)Nc3ccc([S+]([O-])Cc4c(C)ncn4CCCCCOCCOc4ccc(-c5ccc(OCC)c(/C=C/C(=O)Nc6ccc([S+]([O-])Cc7c(C)ncn7CC)cc6)c5)cc4)cc3)c2)cc1. The molecule has 20 heteroatoms. The van der Waals surface area contributed by atoms with Gasteiger partial charge in [-0.2, -0.15) is 8.78 Å². The number of alkyl halides is 2. The number of benzene rings is 6. The smallest absolute Gasteiger partial charge is 0.387 e. The third-order valence-electron chi connectivity index (χ3n) is 14.5. The predicted octanol–water partition coefficient (Wildman–Crippen LogP) is 14.4. The van der Waals surface area contributed by atoms with Crippen LogP contribution in [0.4, 0.5) is 20.2 Å². The summed E-state index contributed by atoms with van der Waals surface area (Å²) in [6, 6.07) is 39.6.